The van der Waals surface area contributed by atoms with E-state index in [0.29, 0.717) is 13.0 Å². The molecular weight excluding hydrogens is 254 g/mol. The first-order valence-corrected chi connectivity index (χ1v) is 6.46. The predicted molar refractivity (Wildman–Crippen MR) is 68.6 cm³/mol. The zero-order valence-corrected chi connectivity index (χ0v) is 11.2. The third-order valence-corrected chi connectivity index (χ3v) is 3.15. The van der Waals surface area contributed by atoms with Gasteiger partial charge in [0.25, 0.3) is 0 Å². The van der Waals surface area contributed by atoms with Crippen LogP contribution in [0.5, 0.6) is 0 Å². The van der Waals surface area contributed by atoms with Gasteiger partial charge in [-0.15, -0.1) is 11.3 Å². The third-order valence-electron chi connectivity index (χ3n) is 2.24. The number of hydrogen-bond donors (Lipinski definition) is 3. The lowest BCUT2D eigenvalue weighted by molar-refractivity contribution is -0.137. The number of thiazole rings is 1. The number of aliphatic carboxylic acids is 1. The van der Waals surface area contributed by atoms with Crippen LogP contribution < -0.4 is 10.6 Å². The van der Waals surface area contributed by atoms with Crippen molar-refractivity contribution < 1.29 is 14.7 Å². The molecule has 0 fully saturated rings. The van der Waals surface area contributed by atoms with Gasteiger partial charge in [-0.2, -0.15) is 0 Å². The molecule has 6 nitrogen and oxygen atoms in total. The van der Waals surface area contributed by atoms with Crippen molar-refractivity contribution in [3.63, 3.8) is 0 Å². The standard InChI is InChI=1S/C11H17N3O3S/c1-7(3-4-10(15)16)14-11(17)13-6-9-12-5-8(2)18-9/h5,7H,3-4,6H2,1-2H3,(H,15,16)(H2,13,14,17). The van der Waals surface area contributed by atoms with Crippen LogP contribution in [0.4, 0.5) is 4.79 Å². The van der Waals surface area contributed by atoms with Crippen molar-refractivity contribution in [1.82, 2.24) is 15.6 Å². The van der Waals surface area contributed by atoms with Crippen LogP contribution in [0.3, 0.4) is 0 Å². The van der Waals surface area contributed by atoms with Crippen LogP contribution in [0.2, 0.25) is 0 Å². The van der Waals surface area contributed by atoms with Gasteiger partial charge < -0.3 is 15.7 Å². The summed E-state index contributed by atoms with van der Waals surface area (Å²) in [6, 6.07) is -0.472. The SMILES string of the molecule is Cc1cnc(CNC(=O)NC(C)CCC(=O)O)s1. The molecule has 1 atom stereocenters. The topological polar surface area (TPSA) is 91.3 Å². The molecule has 3 N–H and O–H groups in total. The number of carbonyl (C=O) groups is 2. The first kappa shape index (κ1) is 14.4. The average molecular weight is 271 g/mol. The van der Waals surface area contributed by atoms with Gasteiger partial charge in [0.1, 0.15) is 5.01 Å². The monoisotopic (exact) mass is 271 g/mol. The Bertz CT molecular complexity index is 419. The Balaban J connectivity index is 2.22. The molecule has 0 aliphatic heterocycles. The lowest BCUT2D eigenvalue weighted by Gasteiger charge is -2.13. The highest BCUT2D eigenvalue weighted by Gasteiger charge is 2.09. The van der Waals surface area contributed by atoms with Crippen LogP contribution in [0.1, 0.15) is 29.7 Å². The van der Waals surface area contributed by atoms with Crippen LogP contribution in [0.15, 0.2) is 6.20 Å². The van der Waals surface area contributed by atoms with Crippen LogP contribution in [0, 0.1) is 6.92 Å². The lowest BCUT2D eigenvalue weighted by atomic mass is 10.2. The summed E-state index contributed by atoms with van der Waals surface area (Å²) in [4.78, 5) is 27.1. The highest BCUT2D eigenvalue weighted by atomic mass is 32.1. The molecule has 100 valence electrons. The minimum absolute atomic E-state index is 0.0487. The van der Waals surface area contributed by atoms with E-state index >= 15 is 0 Å². The van der Waals surface area contributed by atoms with E-state index in [0.717, 1.165) is 9.88 Å². The maximum absolute atomic E-state index is 11.5. The van der Waals surface area contributed by atoms with Crippen molar-refractivity contribution in [2.75, 3.05) is 0 Å². The van der Waals surface area contributed by atoms with Gasteiger partial charge >= 0.3 is 12.0 Å². The Hall–Kier alpha value is -1.63. The Morgan fingerprint density at radius 1 is 1.56 bits per heavy atom. The third kappa shape index (κ3) is 5.62. The number of aromatic nitrogens is 1. The summed E-state index contributed by atoms with van der Waals surface area (Å²) in [5, 5.41) is 14.7. The van der Waals surface area contributed by atoms with Gasteiger partial charge in [0.2, 0.25) is 0 Å². The second-order valence-corrected chi connectivity index (χ2v) is 5.34. The van der Waals surface area contributed by atoms with Crippen LogP contribution in [-0.4, -0.2) is 28.1 Å². The molecule has 0 aliphatic carbocycles. The van der Waals surface area contributed by atoms with E-state index < -0.39 is 5.97 Å². The number of nitrogens with one attached hydrogen (secondary N) is 2. The molecule has 7 heteroatoms. The number of urea groups is 1. The first-order valence-electron chi connectivity index (χ1n) is 5.65. The normalized spacial score (nSPS) is 11.9. The number of hydrogen-bond acceptors (Lipinski definition) is 4. The van der Waals surface area contributed by atoms with Gasteiger partial charge in [-0.05, 0) is 20.3 Å². The van der Waals surface area contributed by atoms with E-state index in [4.69, 9.17) is 5.11 Å². The largest absolute Gasteiger partial charge is 0.481 e. The summed E-state index contributed by atoms with van der Waals surface area (Å²) < 4.78 is 0. The number of nitrogens with zero attached hydrogens (tertiary/aromatic N) is 1. The highest BCUT2D eigenvalue weighted by Crippen LogP contribution is 2.10. The van der Waals surface area contributed by atoms with Gasteiger partial charge in [0.15, 0.2) is 0 Å². The number of rotatable bonds is 6. The predicted octanol–water partition coefficient (Wildman–Crippen LogP) is 1.50. The molecule has 0 radical (unpaired) electrons. The molecule has 18 heavy (non-hydrogen) atoms. The molecule has 2 amide bonds. The molecule has 0 spiro atoms. The Morgan fingerprint density at radius 2 is 2.28 bits per heavy atom. The first-order chi connectivity index (χ1) is 8.47. The van der Waals surface area contributed by atoms with E-state index in [1.807, 2.05) is 6.92 Å². The van der Waals surface area contributed by atoms with E-state index in [2.05, 4.69) is 15.6 Å². The fourth-order valence-electron chi connectivity index (χ4n) is 1.33. The molecule has 1 aromatic rings. The lowest BCUT2D eigenvalue weighted by Crippen LogP contribution is -2.40. The molecule has 0 saturated carbocycles. The molecular formula is C11H17N3O3S. The maximum atomic E-state index is 11.5. The van der Waals surface area contributed by atoms with E-state index in [1.165, 1.54) is 11.3 Å². The Morgan fingerprint density at radius 3 is 2.83 bits per heavy atom. The van der Waals surface area contributed by atoms with E-state index in [9.17, 15) is 9.59 Å². The molecule has 0 aromatic carbocycles. The molecule has 0 saturated heterocycles. The summed E-state index contributed by atoms with van der Waals surface area (Å²) in [5.41, 5.74) is 0. The molecule has 0 bridgehead atoms. The minimum atomic E-state index is -0.859. The van der Waals surface area contributed by atoms with Crippen molar-refractivity contribution in [2.45, 2.75) is 39.3 Å². The summed E-state index contributed by atoms with van der Waals surface area (Å²) in [6.07, 6.45) is 2.22. The smallest absolute Gasteiger partial charge is 0.315 e. The Kier molecular flexibility index (Phi) is 5.57. The van der Waals surface area contributed by atoms with Gasteiger partial charge in [-0.25, -0.2) is 9.78 Å². The van der Waals surface area contributed by atoms with Crippen LogP contribution in [0.25, 0.3) is 0 Å². The second-order valence-electron chi connectivity index (χ2n) is 4.03. The summed E-state index contributed by atoms with van der Waals surface area (Å²) in [5.74, 6) is -0.859. The fraction of sp³-hybridized carbons (Fsp3) is 0.545. The number of carboxylic acid groups (broad SMARTS) is 1. The highest BCUT2D eigenvalue weighted by molar-refractivity contribution is 7.11. The van der Waals surface area contributed by atoms with E-state index in [1.54, 1.807) is 13.1 Å². The minimum Gasteiger partial charge on any atom is -0.481 e. The number of carbonyl (C=O) groups excluding carboxylic acids is 1. The summed E-state index contributed by atoms with van der Waals surface area (Å²) in [6.45, 7) is 4.11. The molecule has 1 heterocycles. The van der Waals surface area contributed by atoms with Gasteiger partial charge in [0.05, 0.1) is 6.54 Å². The Labute approximate surface area is 109 Å². The summed E-state index contributed by atoms with van der Waals surface area (Å²) in [7, 11) is 0. The molecule has 1 aromatic heterocycles. The molecule has 0 aliphatic rings. The zero-order chi connectivity index (χ0) is 13.5. The van der Waals surface area contributed by atoms with Crippen molar-refractivity contribution in [1.29, 1.82) is 0 Å². The zero-order valence-electron chi connectivity index (χ0n) is 10.4. The molecule has 1 unspecified atom stereocenters. The quantitative estimate of drug-likeness (QED) is 0.731. The number of carboxylic acids is 1. The van der Waals surface area contributed by atoms with E-state index in [-0.39, 0.29) is 18.5 Å². The van der Waals surface area contributed by atoms with Crippen molar-refractivity contribution >= 4 is 23.3 Å². The average Bonchev–Trinajstić information content (AvgIpc) is 2.70. The van der Waals surface area contributed by atoms with Crippen LogP contribution in [-0.2, 0) is 11.3 Å². The van der Waals surface area contributed by atoms with Gasteiger partial charge in [-0.1, -0.05) is 0 Å². The fourth-order valence-corrected chi connectivity index (χ4v) is 2.05. The van der Waals surface area contributed by atoms with Gasteiger partial charge in [-0.3, -0.25) is 4.79 Å². The second kappa shape index (κ2) is 6.95. The van der Waals surface area contributed by atoms with Crippen molar-refractivity contribution in [3.05, 3.63) is 16.1 Å². The number of aryl methyl sites for hydroxylation is 1. The van der Waals surface area contributed by atoms with Crippen molar-refractivity contribution in [2.24, 2.45) is 0 Å². The number of amides is 2. The summed E-state index contributed by atoms with van der Waals surface area (Å²) >= 11 is 1.53. The maximum Gasteiger partial charge on any atom is 0.315 e. The van der Waals surface area contributed by atoms with Crippen molar-refractivity contribution in [3.8, 4) is 0 Å². The van der Waals surface area contributed by atoms with Gasteiger partial charge in [0, 0.05) is 23.5 Å². The molecule has 1 rings (SSSR count). The van der Waals surface area contributed by atoms with Crippen LogP contribution >= 0.6 is 11.3 Å².